The van der Waals surface area contributed by atoms with Crippen LogP contribution in [0.5, 0.6) is 0 Å². The van der Waals surface area contributed by atoms with Crippen molar-refractivity contribution in [2.45, 2.75) is 38.8 Å². The van der Waals surface area contributed by atoms with Crippen molar-refractivity contribution in [3.63, 3.8) is 0 Å². The van der Waals surface area contributed by atoms with E-state index < -0.39 is 12.2 Å². The van der Waals surface area contributed by atoms with Crippen molar-refractivity contribution in [1.82, 2.24) is 4.90 Å². The topological polar surface area (TPSA) is 73.9 Å². The van der Waals surface area contributed by atoms with Crippen molar-refractivity contribution >= 4 is 17.1 Å². The van der Waals surface area contributed by atoms with Crippen LogP contribution < -0.4 is 0 Å². The van der Waals surface area contributed by atoms with E-state index in [2.05, 4.69) is 0 Å². The third-order valence-electron chi connectivity index (χ3n) is 4.45. The van der Waals surface area contributed by atoms with Gasteiger partial charge in [-0.2, -0.15) is 0 Å². The number of aryl methyl sites for hydroxylation is 2. The first-order chi connectivity index (χ1) is 10.0. The van der Waals surface area contributed by atoms with Gasteiger partial charge in [-0.3, -0.25) is 0 Å². The van der Waals surface area contributed by atoms with Crippen LogP contribution in [0.3, 0.4) is 0 Å². The van der Waals surface area contributed by atoms with Gasteiger partial charge >= 0.3 is 6.09 Å². The van der Waals surface area contributed by atoms with Gasteiger partial charge in [-0.1, -0.05) is 12.1 Å². The van der Waals surface area contributed by atoms with Gasteiger partial charge in [-0.25, -0.2) is 4.79 Å². The Morgan fingerprint density at radius 1 is 1.43 bits per heavy atom. The number of carboxylic acid groups (broad SMARTS) is 1. The predicted molar refractivity (Wildman–Crippen MR) is 78.4 cm³/mol. The van der Waals surface area contributed by atoms with Crippen molar-refractivity contribution in [1.29, 1.82) is 0 Å². The van der Waals surface area contributed by atoms with Crippen LogP contribution in [0.1, 0.15) is 35.8 Å². The van der Waals surface area contributed by atoms with Gasteiger partial charge in [-0.05, 0) is 43.9 Å². The summed E-state index contributed by atoms with van der Waals surface area (Å²) < 4.78 is 5.69. The lowest BCUT2D eigenvalue weighted by atomic mass is 9.95. The summed E-state index contributed by atoms with van der Waals surface area (Å²) >= 11 is 0. The molecule has 1 saturated heterocycles. The zero-order valence-electron chi connectivity index (χ0n) is 12.2. The van der Waals surface area contributed by atoms with E-state index in [4.69, 9.17) is 4.42 Å². The van der Waals surface area contributed by atoms with E-state index in [9.17, 15) is 15.0 Å². The molecular formula is C16H19NO4. The van der Waals surface area contributed by atoms with E-state index in [0.717, 1.165) is 34.3 Å². The molecule has 21 heavy (non-hydrogen) atoms. The number of amides is 1. The highest BCUT2D eigenvalue weighted by Crippen LogP contribution is 2.36. The van der Waals surface area contributed by atoms with Gasteiger partial charge < -0.3 is 19.5 Å². The van der Waals surface area contributed by atoms with Gasteiger partial charge in [0.2, 0.25) is 0 Å². The van der Waals surface area contributed by atoms with E-state index in [1.54, 1.807) is 0 Å². The molecule has 2 N–H and O–H groups in total. The molecule has 1 amide bonds. The normalized spacial score (nSPS) is 20.1. The average molecular weight is 289 g/mol. The Bertz CT molecular complexity index is 691. The maximum Gasteiger partial charge on any atom is 0.407 e. The fourth-order valence-electron chi connectivity index (χ4n) is 3.26. The van der Waals surface area contributed by atoms with Gasteiger partial charge in [-0.15, -0.1) is 0 Å². The van der Waals surface area contributed by atoms with E-state index >= 15 is 0 Å². The van der Waals surface area contributed by atoms with E-state index in [0.29, 0.717) is 13.0 Å². The third kappa shape index (κ3) is 2.17. The number of aliphatic hydroxyl groups excluding tert-OH is 1. The molecule has 0 bridgehead atoms. The fourth-order valence-corrected chi connectivity index (χ4v) is 3.26. The number of benzene rings is 1. The van der Waals surface area contributed by atoms with Crippen LogP contribution in [0.4, 0.5) is 4.79 Å². The molecule has 2 aromatic rings. The van der Waals surface area contributed by atoms with Crippen molar-refractivity contribution in [3.8, 4) is 0 Å². The molecule has 0 spiro atoms. The first-order valence-electron chi connectivity index (χ1n) is 7.17. The van der Waals surface area contributed by atoms with Crippen LogP contribution in [-0.2, 0) is 0 Å². The number of aliphatic hydroxyl groups is 1. The molecule has 3 rings (SSSR count). The molecule has 112 valence electrons. The lowest BCUT2D eigenvalue weighted by Crippen LogP contribution is -2.38. The van der Waals surface area contributed by atoms with Crippen LogP contribution in [0, 0.1) is 13.8 Å². The van der Waals surface area contributed by atoms with E-state index in [1.165, 1.54) is 4.90 Å². The highest BCUT2D eigenvalue weighted by atomic mass is 16.4. The molecule has 0 aliphatic carbocycles. The van der Waals surface area contributed by atoms with Gasteiger partial charge in [0.05, 0.1) is 6.04 Å². The molecule has 1 aliphatic rings. The highest BCUT2D eigenvalue weighted by molar-refractivity contribution is 5.86. The largest absolute Gasteiger partial charge is 0.465 e. The fraction of sp³-hybridized carbons (Fsp3) is 0.438. The summed E-state index contributed by atoms with van der Waals surface area (Å²) in [6.45, 7) is 4.34. The third-order valence-corrected chi connectivity index (χ3v) is 4.45. The number of furan rings is 1. The Hall–Kier alpha value is -2.01. The van der Waals surface area contributed by atoms with Crippen molar-refractivity contribution < 1.29 is 19.4 Å². The summed E-state index contributed by atoms with van der Waals surface area (Å²) in [5, 5.41) is 20.9. The second-order valence-corrected chi connectivity index (χ2v) is 5.63. The zero-order valence-corrected chi connectivity index (χ0v) is 12.2. The SMILES string of the molecule is Cc1oc2cccc([C@@H](O)[C@@H]3CCCN3C(=O)O)c2c1C. The number of fused-ring (bicyclic) bond motifs is 1. The summed E-state index contributed by atoms with van der Waals surface area (Å²) in [7, 11) is 0. The summed E-state index contributed by atoms with van der Waals surface area (Å²) in [6, 6.07) is 5.17. The predicted octanol–water partition coefficient (Wildman–Crippen LogP) is 3.23. The molecule has 1 aromatic carbocycles. The van der Waals surface area contributed by atoms with Gasteiger partial charge in [0.25, 0.3) is 0 Å². The maximum atomic E-state index is 11.3. The molecule has 0 radical (unpaired) electrons. The van der Waals surface area contributed by atoms with Crippen LogP contribution in [-0.4, -0.2) is 33.8 Å². The van der Waals surface area contributed by atoms with Crippen molar-refractivity contribution in [2.24, 2.45) is 0 Å². The lowest BCUT2D eigenvalue weighted by Gasteiger charge is -2.27. The molecule has 5 heteroatoms. The van der Waals surface area contributed by atoms with Crippen molar-refractivity contribution in [2.75, 3.05) is 6.54 Å². The summed E-state index contributed by atoms with van der Waals surface area (Å²) in [4.78, 5) is 12.6. The molecule has 5 nitrogen and oxygen atoms in total. The minimum absolute atomic E-state index is 0.386. The number of likely N-dealkylation sites (tertiary alicyclic amines) is 1. The zero-order chi connectivity index (χ0) is 15.1. The Kier molecular flexibility index (Phi) is 3.37. The first-order valence-corrected chi connectivity index (χ1v) is 7.17. The molecule has 2 atom stereocenters. The Balaban J connectivity index is 2.05. The summed E-state index contributed by atoms with van der Waals surface area (Å²) in [5.41, 5.74) is 2.49. The number of nitrogens with zero attached hydrogens (tertiary/aromatic N) is 1. The number of rotatable bonds is 2. The molecule has 1 aliphatic heterocycles. The van der Waals surface area contributed by atoms with Gasteiger partial charge in [0.1, 0.15) is 17.4 Å². The summed E-state index contributed by atoms with van der Waals surface area (Å²) in [6.07, 6.45) is -0.334. The van der Waals surface area contributed by atoms with Crippen molar-refractivity contribution in [3.05, 3.63) is 35.1 Å². The Morgan fingerprint density at radius 2 is 2.19 bits per heavy atom. The second kappa shape index (κ2) is 5.07. The average Bonchev–Trinajstić information content (AvgIpc) is 3.04. The molecule has 0 saturated carbocycles. The van der Waals surface area contributed by atoms with Gasteiger partial charge in [0.15, 0.2) is 0 Å². The maximum absolute atomic E-state index is 11.3. The van der Waals surface area contributed by atoms with Gasteiger partial charge in [0, 0.05) is 11.9 Å². The smallest absolute Gasteiger partial charge is 0.407 e. The standard InChI is InChI=1S/C16H19NO4/c1-9-10(2)21-13-7-3-5-11(14(9)13)15(18)12-6-4-8-17(12)16(19)20/h3,5,7,12,15,18H,4,6,8H2,1-2H3,(H,19,20)/t12-,15+/m0/s1. The Labute approximate surface area is 122 Å². The quantitative estimate of drug-likeness (QED) is 0.890. The minimum atomic E-state index is -0.969. The molecule has 1 aromatic heterocycles. The Morgan fingerprint density at radius 3 is 2.90 bits per heavy atom. The number of carbonyl (C=O) groups is 1. The van der Waals surface area contributed by atoms with E-state index in [1.807, 2.05) is 32.0 Å². The molecule has 0 unspecified atom stereocenters. The van der Waals surface area contributed by atoms with Crippen LogP contribution in [0.2, 0.25) is 0 Å². The first kappa shape index (κ1) is 13.9. The molecule has 2 heterocycles. The minimum Gasteiger partial charge on any atom is -0.465 e. The number of hydrogen-bond donors (Lipinski definition) is 2. The van der Waals surface area contributed by atoms with E-state index in [-0.39, 0.29) is 6.04 Å². The molecular weight excluding hydrogens is 270 g/mol. The lowest BCUT2D eigenvalue weighted by molar-refractivity contribution is 0.0685. The number of hydrogen-bond acceptors (Lipinski definition) is 3. The van der Waals surface area contributed by atoms with Crippen LogP contribution in [0.25, 0.3) is 11.0 Å². The molecule has 1 fully saturated rings. The second-order valence-electron chi connectivity index (χ2n) is 5.63. The monoisotopic (exact) mass is 289 g/mol. The van der Waals surface area contributed by atoms with Crippen LogP contribution >= 0.6 is 0 Å². The summed E-state index contributed by atoms with van der Waals surface area (Å²) in [5.74, 6) is 0.825. The van der Waals surface area contributed by atoms with Crippen LogP contribution in [0.15, 0.2) is 22.6 Å². The highest BCUT2D eigenvalue weighted by Gasteiger charge is 2.35.